The fourth-order valence-corrected chi connectivity index (χ4v) is 2.73. The van der Waals surface area contributed by atoms with Crippen LogP contribution in [0.1, 0.15) is 18.5 Å². The molecule has 3 aromatic carbocycles. The van der Waals surface area contributed by atoms with Crippen molar-refractivity contribution in [3.63, 3.8) is 0 Å². The highest BCUT2D eigenvalue weighted by Gasteiger charge is 2.05. The molecule has 3 nitrogen and oxygen atoms in total. The summed E-state index contributed by atoms with van der Waals surface area (Å²) in [5.41, 5.74) is 1.21. The predicted molar refractivity (Wildman–Crippen MR) is 98.9 cm³/mol. The number of hydrogen-bond donors (Lipinski definition) is 1. The summed E-state index contributed by atoms with van der Waals surface area (Å²) in [4.78, 5) is 0. The van der Waals surface area contributed by atoms with Crippen LogP contribution >= 0.6 is 0 Å². The Balaban J connectivity index is 1.50. The molecule has 0 radical (unpaired) electrons. The lowest BCUT2D eigenvalue weighted by Crippen LogP contribution is -2.24. The van der Waals surface area contributed by atoms with E-state index in [-0.39, 0.29) is 6.04 Å². The summed E-state index contributed by atoms with van der Waals surface area (Å²) in [5.74, 6) is 1.79. The number of fused-ring (bicyclic) bond motifs is 1. The molecule has 0 heterocycles. The van der Waals surface area contributed by atoms with Crippen LogP contribution in [0.4, 0.5) is 0 Å². The standard InChI is InChI=1S/C21H23NO2/c1-16(18-8-5-9-20(14-18)23-2)22-12-13-24-21-11-10-17-6-3-4-7-19(17)15-21/h3-11,14-16,22H,12-13H2,1-2H3. The first-order chi connectivity index (χ1) is 11.8. The summed E-state index contributed by atoms with van der Waals surface area (Å²) in [6.45, 7) is 3.56. The summed E-state index contributed by atoms with van der Waals surface area (Å²) < 4.78 is 11.1. The van der Waals surface area contributed by atoms with Crippen molar-refractivity contribution >= 4 is 10.8 Å². The Morgan fingerprint density at radius 3 is 2.54 bits per heavy atom. The van der Waals surface area contributed by atoms with Crippen molar-refractivity contribution in [2.75, 3.05) is 20.3 Å². The number of ether oxygens (including phenoxy) is 2. The Hall–Kier alpha value is -2.52. The van der Waals surface area contributed by atoms with E-state index >= 15 is 0 Å². The van der Waals surface area contributed by atoms with E-state index in [1.165, 1.54) is 16.3 Å². The normalized spacial score (nSPS) is 12.1. The van der Waals surface area contributed by atoms with Crippen LogP contribution in [0.3, 0.4) is 0 Å². The molecule has 0 aliphatic rings. The molecule has 3 rings (SSSR count). The van der Waals surface area contributed by atoms with Gasteiger partial charge in [0.05, 0.1) is 7.11 Å². The fourth-order valence-electron chi connectivity index (χ4n) is 2.73. The summed E-state index contributed by atoms with van der Waals surface area (Å²) in [6.07, 6.45) is 0. The first kappa shape index (κ1) is 16.3. The van der Waals surface area contributed by atoms with E-state index in [9.17, 15) is 0 Å². The van der Waals surface area contributed by atoms with Crippen molar-refractivity contribution in [3.8, 4) is 11.5 Å². The van der Waals surface area contributed by atoms with Gasteiger partial charge in [-0.25, -0.2) is 0 Å². The molecule has 0 amide bonds. The Kier molecular flexibility index (Phi) is 5.34. The summed E-state index contributed by atoms with van der Waals surface area (Å²) in [6, 6.07) is 22.9. The number of hydrogen-bond acceptors (Lipinski definition) is 3. The molecule has 0 saturated heterocycles. The molecule has 0 fully saturated rings. The zero-order chi connectivity index (χ0) is 16.8. The summed E-state index contributed by atoms with van der Waals surface area (Å²) >= 11 is 0. The summed E-state index contributed by atoms with van der Waals surface area (Å²) in [5, 5.41) is 5.91. The van der Waals surface area contributed by atoms with Crippen LogP contribution in [0.25, 0.3) is 10.8 Å². The quantitative estimate of drug-likeness (QED) is 0.646. The van der Waals surface area contributed by atoms with Gasteiger partial charge in [0.2, 0.25) is 0 Å². The fraction of sp³-hybridized carbons (Fsp3) is 0.238. The molecule has 1 unspecified atom stereocenters. The van der Waals surface area contributed by atoms with Gasteiger partial charge in [-0.15, -0.1) is 0 Å². The van der Waals surface area contributed by atoms with E-state index < -0.39 is 0 Å². The molecule has 0 aliphatic heterocycles. The average Bonchev–Trinajstić information content (AvgIpc) is 2.65. The van der Waals surface area contributed by atoms with Crippen molar-refractivity contribution in [3.05, 3.63) is 72.3 Å². The third-order valence-electron chi connectivity index (χ3n) is 4.14. The molecule has 0 aromatic heterocycles. The SMILES string of the molecule is COc1cccc(C(C)NCCOc2ccc3ccccc3c2)c1. The van der Waals surface area contributed by atoms with Gasteiger partial charge < -0.3 is 14.8 Å². The average molecular weight is 321 g/mol. The third-order valence-corrected chi connectivity index (χ3v) is 4.14. The van der Waals surface area contributed by atoms with Crippen LogP contribution < -0.4 is 14.8 Å². The van der Waals surface area contributed by atoms with Crippen LogP contribution in [-0.2, 0) is 0 Å². The Labute approximate surface area is 143 Å². The third kappa shape index (κ3) is 4.06. The first-order valence-electron chi connectivity index (χ1n) is 8.25. The highest BCUT2D eigenvalue weighted by molar-refractivity contribution is 5.83. The van der Waals surface area contributed by atoms with Gasteiger partial charge in [0.25, 0.3) is 0 Å². The lowest BCUT2D eigenvalue weighted by atomic mass is 10.1. The molecule has 0 bridgehead atoms. The van der Waals surface area contributed by atoms with Gasteiger partial charge in [0.15, 0.2) is 0 Å². The number of nitrogens with one attached hydrogen (secondary N) is 1. The van der Waals surface area contributed by atoms with Crippen LogP contribution in [0.15, 0.2) is 66.7 Å². The molecule has 124 valence electrons. The lowest BCUT2D eigenvalue weighted by Gasteiger charge is -2.15. The topological polar surface area (TPSA) is 30.5 Å². The minimum atomic E-state index is 0.250. The van der Waals surface area contributed by atoms with Gasteiger partial charge in [0.1, 0.15) is 18.1 Å². The molecule has 3 aromatic rings. The molecule has 3 heteroatoms. The molecule has 24 heavy (non-hydrogen) atoms. The zero-order valence-electron chi connectivity index (χ0n) is 14.2. The van der Waals surface area contributed by atoms with E-state index in [1.807, 2.05) is 30.3 Å². The van der Waals surface area contributed by atoms with Gasteiger partial charge in [-0.2, -0.15) is 0 Å². The van der Waals surface area contributed by atoms with E-state index in [0.717, 1.165) is 18.0 Å². The van der Waals surface area contributed by atoms with Gasteiger partial charge in [-0.3, -0.25) is 0 Å². The highest BCUT2D eigenvalue weighted by Crippen LogP contribution is 2.21. The number of rotatable bonds is 7. The van der Waals surface area contributed by atoms with Crippen LogP contribution in [-0.4, -0.2) is 20.3 Å². The molecule has 1 N–H and O–H groups in total. The first-order valence-corrected chi connectivity index (χ1v) is 8.25. The Morgan fingerprint density at radius 1 is 0.875 bits per heavy atom. The second-order valence-electron chi connectivity index (χ2n) is 5.81. The van der Waals surface area contributed by atoms with Crippen LogP contribution in [0.2, 0.25) is 0 Å². The van der Waals surface area contributed by atoms with Gasteiger partial charge in [0, 0.05) is 12.6 Å². The Bertz CT molecular complexity index is 800. The van der Waals surface area contributed by atoms with Gasteiger partial charge in [-0.05, 0) is 47.5 Å². The largest absolute Gasteiger partial charge is 0.497 e. The van der Waals surface area contributed by atoms with E-state index in [4.69, 9.17) is 9.47 Å². The molecule has 0 saturated carbocycles. The molecule has 0 aliphatic carbocycles. The molecule has 0 spiro atoms. The van der Waals surface area contributed by atoms with Crippen molar-refractivity contribution in [1.29, 1.82) is 0 Å². The molecular formula is C21H23NO2. The minimum Gasteiger partial charge on any atom is -0.497 e. The van der Waals surface area contributed by atoms with E-state index in [0.29, 0.717) is 6.61 Å². The molecular weight excluding hydrogens is 298 g/mol. The van der Waals surface area contributed by atoms with Crippen LogP contribution in [0, 0.1) is 0 Å². The van der Waals surface area contributed by atoms with Crippen molar-refractivity contribution in [2.45, 2.75) is 13.0 Å². The van der Waals surface area contributed by atoms with Crippen LogP contribution in [0.5, 0.6) is 11.5 Å². The zero-order valence-corrected chi connectivity index (χ0v) is 14.2. The number of methoxy groups -OCH3 is 1. The number of benzene rings is 3. The van der Waals surface area contributed by atoms with Crippen molar-refractivity contribution < 1.29 is 9.47 Å². The maximum Gasteiger partial charge on any atom is 0.120 e. The van der Waals surface area contributed by atoms with Crippen molar-refractivity contribution in [1.82, 2.24) is 5.32 Å². The second-order valence-corrected chi connectivity index (χ2v) is 5.81. The second kappa shape index (κ2) is 7.84. The van der Waals surface area contributed by atoms with E-state index in [2.05, 4.69) is 48.6 Å². The maximum absolute atomic E-state index is 5.86. The highest BCUT2D eigenvalue weighted by atomic mass is 16.5. The van der Waals surface area contributed by atoms with Gasteiger partial charge >= 0.3 is 0 Å². The van der Waals surface area contributed by atoms with E-state index in [1.54, 1.807) is 7.11 Å². The lowest BCUT2D eigenvalue weighted by molar-refractivity contribution is 0.308. The van der Waals surface area contributed by atoms with Crippen molar-refractivity contribution in [2.24, 2.45) is 0 Å². The smallest absolute Gasteiger partial charge is 0.120 e. The Morgan fingerprint density at radius 2 is 1.71 bits per heavy atom. The monoisotopic (exact) mass is 321 g/mol. The van der Waals surface area contributed by atoms with Gasteiger partial charge in [-0.1, -0.05) is 42.5 Å². The molecule has 1 atom stereocenters. The predicted octanol–water partition coefficient (Wildman–Crippen LogP) is 4.58. The summed E-state index contributed by atoms with van der Waals surface area (Å²) in [7, 11) is 1.69. The minimum absolute atomic E-state index is 0.250. The maximum atomic E-state index is 5.86.